The van der Waals surface area contributed by atoms with Gasteiger partial charge in [0.2, 0.25) is 0 Å². The summed E-state index contributed by atoms with van der Waals surface area (Å²) in [7, 11) is 0. The van der Waals surface area contributed by atoms with Crippen molar-refractivity contribution in [1.82, 2.24) is 15.6 Å². The number of pyridine rings is 1. The highest BCUT2D eigenvalue weighted by atomic mass is 15.0. The van der Waals surface area contributed by atoms with Crippen molar-refractivity contribution in [3.8, 4) is 0 Å². The SMILES string of the molecule is CC(CNC(C)(C)C)NCc1ccc2ncccc2c1. The van der Waals surface area contributed by atoms with E-state index in [1.165, 1.54) is 10.9 Å². The first-order chi connectivity index (χ1) is 9.44. The van der Waals surface area contributed by atoms with Crippen LogP contribution in [0.25, 0.3) is 10.9 Å². The highest BCUT2D eigenvalue weighted by Gasteiger charge is 2.10. The van der Waals surface area contributed by atoms with E-state index in [0.29, 0.717) is 6.04 Å². The molecule has 1 atom stereocenters. The van der Waals surface area contributed by atoms with E-state index in [4.69, 9.17) is 0 Å². The van der Waals surface area contributed by atoms with Gasteiger partial charge in [-0.3, -0.25) is 4.98 Å². The lowest BCUT2D eigenvalue weighted by atomic mass is 10.1. The van der Waals surface area contributed by atoms with E-state index < -0.39 is 0 Å². The Morgan fingerprint density at radius 3 is 2.75 bits per heavy atom. The molecule has 0 saturated carbocycles. The number of nitrogens with one attached hydrogen (secondary N) is 2. The Labute approximate surface area is 121 Å². The van der Waals surface area contributed by atoms with Crippen LogP contribution in [0.15, 0.2) is 36.5 Å². The summed E-state index contributed by atoms with van der Waals surface area (Å²) in [5.41, 5.74) is 2.52. The Morgan fingerprint density at radius 2 is 2.00 bits per heavy atom. The molecule has 1 aromatic heterocycles. The zero-order chi connectivity index (χ0) is 14.6. The van der Waals surface area contributed by atoms with Gasteiger partial charge < -0.3 is 10.6 Å². The molecule has 108 valence electrons. The van der Waals surface area contributed by atoms with Crippen LogP contribution in [0.1, 0.15) is 33.3 Å². The third-order valence-electron chi connectivity index (χ3n) is 3.26. The van der Waals surface area contributed by atoms with Gasteiger partial charge in [0.15, 0.2) is 0 Å². The Bertz CT molecular complexity index is 557. The van der Waals surface area contributed by atoms with Gasteiger partial charge in [0, 0.05) is 36.3 Å². The number of nitrogens with zero attached hydrogens (tertiary/aromatic N) is 1. The van der Waals surface area contributed by atoms with Crippen molar-refractivity contribution in [3.05, 3.63) is 42.1 Å². The van der Waals surface area contributed by atoms with Crippen molar-refractivity contribution < 1.29 is 0 Å². The standard InChI is InChI=1S/C17H25N3/c1-13(11-20-17(2,3)4)19-12-14-7-8-16-15(10-14)6-5-9-18-16/h5-10,13,19-20H,11-12H2,1-4H3. The molecule has 0 fully saturated rings. The first-order valence-corrected chi connectivity index (χ1v) is 7.26. The Kier molecular flexibility index (Phi) is 4.73. The lowest BCUT2D eigenvalue weighted by molar-refractivity contribution is 0.387. The maximum Gasteiger partial charge on any atom is 0.0702 e. The third kappa shape index (κ3) is 4.58. The van der Waals surface area contributed by atoms with E-state index in [1.807, 2.05) is 12.3 Å². The Morgan fingerprint density at radius 1 is 1.20 bits per heavy atom. The largest absolute Gasteiger partial charge is 0.311 e. The predicted molar refractivity (Wildman–Crippen MR) is 85.8 cm³/mol. The molecule has 0 bridgehead atoms. The molecule has 0 aliphatic rings. The third-order valence-corrected chi connectivity index (χ3v) is 3.26. The summed E-state index contributed by atoms with van der Waals surface area (Å²) in [5, 5.41) is 8.27. The highest BCUT2D eigenvalue weighted by molar-refractivity contribution is 5.78. The molecule has 0 radical (unpaired) electrons. The normalized spacial score (nSPS) is 13.6. The van der Waals surface area contributed by atoms with Crippen LogP contribution >= 0.6 is 0 Å². The first kappa shape index (κ1) is 14.9. The molecule has 0 saturated heterocycles. The number of aromatic nitrogens is 1. The van der Waals surface area contributed by atoms with E-state index in [9.17, 15) is 0 Å². The van der Waals surface area contributed by atoms with Crippen LogP contribution in [0.2, 0.25) is 0 Å². The van der Waals surface area contributed by atoms with Crippen molar-refractivity contribution >= 4 is 10.9 Å². The highest BCUT2D eigenvalue weighted by Crippen LogP contribution is 2.13. The summed E-state index contributed by atoms with van der Waals surface area (Å²) in [6.45, 7) is 10.6. The summed E-state index contributed by atoms with van der Waals surface area (Å²) >= 11 is 0. The zero-order valence-corrected chi connectivity index (χ0v) is 12.9. The van der Waals surface area contributed by atoms with Crippen molar-refractivity contribution in [2.24, 2.45) is 0 Å². The van der Waals surface area contributed by atoms with Crippen LogP contribution in [-0.4, -0.2) is 23.1 Å². The van der Waals surface area contributed by atoms with Crippen molar-refractivity contribution in [3.63, 3.8) is 0 Å². The summed E-state index contributed by atoms with van der Waals surface area (Å²) < 4.78 is 0. The molecule has 20 heavy (non-hydrogen) atoms. The van der Waals surface area contributed by atoms with Crippen LogP contribution in [0.3, 0.4) is 0 Å². The van der Waals surface area contributed by atoms with E-state index >= 15 is 0 Å². The summed E-state index contributed by atoms with van der Waals surface area (Å²) in [6.07, 6.45) is 1.83. The molecule has 0 amide bonds. The molecule has 3 nitrogen and oxygen atoms in total. The van der Waals surface area contributed by atoms with Crippen LogP contribution in [0, 0.1) is 0 Å². The number of benzene rings is 1. The fourth-order valence-electron chi connectivity index (χ4n) is 2.06. The van der Waals surface area contributed by atoms with Crippen LogP contribution in [0.5, 0.6) is 0 Å². The molecule has 0 aliphatic heterocycles. The molecular formula is C17H25N3. The summed E-state index contributed by atoms with van der Waals surface area (Å²) in [5.74, 6) is 0. The van der Waals surface area contributed by atoms with Crippen LogP contribution in [-0.2, 0) is 6.54 Å². The van der Waals surface area contributed by atoms with Gasteiger partial charge in [0.1, 0.15) is 0 Å². The van der Waals surface area contributed by atoms with Gasteiger partial charge >= 0.3 is 0 Å². The maximum atomic E-state index is 4.34. The second kappa shape index (κ2) is 6.33. The molecule has 0 spiro atoms. The predicted octanol–water partition coefficient (Wildman–Crippen LogP) is 3.10. The minimum Gasteiger partial charge on any atom is -0.311 e. The minimum atomic E-state index is 0.171. The Balaban J connectivity index is 1.89. The lowest BCUT2D eigenvalue weighted by Gasteiger charge is -2.24. The van der Waals surface area contributed by atoms with Gasteiger partial charge in [0.25, 0.3) is 0 Å². The van der Waals surface area contributed by atoms with Gasteiger partial charge in [-0.15, -0.1) is 0 Å². The fraction of sp³-hybridized carbons (Fsp3) is 0.471. The van der Waals surface area contributed by atoms with Crippen molar-refractivity contribution in [2.45, 2.75) is 45.8 Å². The number of rotatable bonds is 5. The zero-order valence-electron chi connectivity index (χ0n) is 12.9. The summed E-state index contributed by atoms with van der Waals surface area (Å²) in [4.78, 5) is 4.34. The molecule has 3 heteroatoms. The molecule has 1 unspecified atom stereocenters. The molecule has 0 aliphatic carbocycles. The second-order valence-electron chi connectivity index (χ2n) is 6.44. The molecule has 2 N–H and O–H groups in total. The van der Waals surface area contributed by atoms with Gasteiger partial charge in [0.05, 0.1) is 5.52 Å². The maximum absolute atomic E-state index is 4.34. The number of hydrogen-bond donors (Lipinski definition) is 2. The molecular weight excluding hydrogens is 246 g/mol. The van der Waals surface area contributed by atoms with Crippen molar-refractivity contribution in [1.29, 1.82) is 0 Å². The lowest BCUT2D eigenvalue weighted by Crippen LogP contribution is -2.44. The van der Waals surface area contributed by atoms with Gasteiger partial charge in [-0.2, -0.15) is 0 Å². The molecule has 2 rings (SSSR count). The fourth-order valence-corrected chi connectivity index (χ4v) is 2.06. The topological polar surface area (TPSA) is 37.0 Å². The van der Waals surface area contributed by atoms with Gasteiger partial charge in [-0.05, 0) is 51.5 Å². The van der Waals surface area contributed by atoms with E-state index in [2.05, 4.69) is 67.6 Å². The number of hydrogen-bond acceptors (Lipinski definition) is 3. The Hall–Kier alpha value is -1.45. The molecule has 1 heterocycles. The number of fused-ring (bicyclic) bond motifs is 1. The molecule has 2 aromatic rings. The van der Waals surface area contributed by atoms with E-state index in [0.717, 1.165) is 18.6 Å². The van der Waals surface area contributed by atoms with E-state index in [-0.39, 0.29) is 5.54 Å². The summed E-state index contributed by atoms with van der Waals surface area (Å²) in [6, 6.07) is 11.0. The average molecular weight is 271 g/mol. The smallest absolute Gasteiger partial charge is 0.0702 e. The van der Waals surface area contributed by atoms with Gasteiger partial charge in [-0.1, -0.05) is 12.1 Å². The van der Waals surface area contributed by atoms with Crippen molar-refractivity contribution in [2.75, 3.05) is 6.54 Å². The van der Waals surface area contributed by atoms with E-state index in [1.54, 1.807) is 0 Å². The monoisotopic (exact) mass is 271 g/mol. The quantitative estimate of drug-likeness (QED) is 0.877. The van der Waals surface area contributed by atoms with Crippen LogP contribution in [0.4, 0.5) is 0 Å². The van der Waals surface area contributed by atoms with Crippen LogP contribution < -0.4 is 10.6 Å². The van der Waals surface area contributed by atoms with Gasteiger partial charge in [-0.25, -0.2) is 0 Å². The minimum absolute atomic E-state index is 0.171. The first-order valence-electron chi connectivity index (χ1n) is 7.26. The average Bonchev–Trinajstić information content (AvgIpc) is 2.42. The second-order valence-corrected chi connectivity index (χ2v) is 6.44. The molecule has 1 aromatic carbocycles.